The second-order valence-corrected chi connectivity index (χ2v) is 7.81. The molecule has 26 heavy (non-hydrogen) atoms. The molecule has 0 saturated carbocycles. The topological polar surface area (TPSA) is 82.7 Å². The lowest BCUT2D eigenvalue weighted by Gasteiger charge is -2.32. The average Bonchev–Trinajstić information content (AvgIpc) is 2.99. The van der Waals surface area contributed by atoms with Gasteiger partial charge in [-0.2, -0.15) is 21.6 Å². The first kappa shape index (κ1) is 18.8. The quantitative estimate of drug-likeness (QED) is 0.623. The van der Waals surface area contributed by atoms with E-state index in [0.29, 0.717) is 31.5 Å². The molecule has 0 bridgehead atoms. The van der Waals surface area contributed by atoms with Crippen molar-refractivity contribution in [3.05, 3.63) is 29.1 Å². The molecule has 7 nitrogen and oxygen atoms in total. The van der Waals surface area contributed by atoms with Gasteiger partial charge in [0.05, 0.1) is 5.69 Å². The molecule has 1 aromatic heterocycles. The molecule has 1 aromatic rings. The van der Waals surface area contributed by atoms with Crippen molar-refractivity contribution in [1.29, 1.82) is 0 Å². The fourth-order valence-electron chi connectivity index (χ4n) is 2.91. The number of allylic oxidation sites excluding steroid dienone is 1. The Morgan fingerprint density at radius 1 is 1.23 bits per heavy atom. The Labute approximate surface area is 148 Å². The second kappa shape index (κ2) is 6.62. The van der Waals surface area contributed by atoms with E-state index >= 15 is 0 Å². The van der Waals surface area contributed by atoms with Gasteiger partial charge >= 0.3 is 15.6 Å². The fourth-order valence-corrected chi connectivity index (χ4v) is 3.39. The number of H-pyrrole nitrogens is 1. The van der Waals surface area contributed by atoms with Gasteiger partial charge in [-0.25, -0.2) is 0 Å². The Bertz CT molecular complexity index is 837. The van der Waals surface area contributed by atoms with Crippen molar-refractivity contribution >= 4 is 21.8 Å². The number of rotatable bonds is 3. The number of aryl methyl sites for hydroxylation is 1. The maximum absolute atomic E-state index is 12.6. The van der Waals surface area contributed by atoms with E-state index in [-0.39, 0.29) is 17.3 Å². The molecule has 1 fully saturated rings. The zero-order valence-electron chi connectivity index (χ0n) is 14.0. The normalized spacial score (nSPS) is 19.1. The summed E-state index contributed by atoms with van der Waals surface area (Å²) in [6.07, 6.45) is 2.06. The van der Waals surface area contributed by atoms with E-state index in [1.165, 1.54) is 6.08 Å². The Morgan fingerprint density at radius 3 is 2.50 bits per heavy atom. The van der Waals surface area contributed by atoms with Gasteiger partial charge in [0.25, 0.3) is 5.91 Å². The van der Waals surface area contributed by atoms with Crippen molar-refractivity contribution in [1.82, 2.24) is 14.8 Å². The Morgan fingerprint density at radius 2 is 1.88 bits per heavy atom. The van der Waals surface area contributed by atoms with Gasteiger partial charge in [-0.1, -0.05) is 0 Å². The van der Waals surface area contributed by atoms with E-state index in [1.54, 1.807) is 11.0 Å². The van der Waals surface area contributed by atoms with Crippen LogP contribution in [0.5, 0.6) is 0 Å². The summed E-state index contributed by atoms with van der Waals surface area (Å²) in [5, 5.41) is 0. The highest BCUT2D eigenvalue weighted by molar-refractivity contribution is 7.87. The van der Waals surface area contributed by atoms with Crippen LogP contribution in [0.4, 0.5) is 13.2 Å². The SMILES string of the molecule is CN1CCN(C(=O)c2cc3c([nH]2)C(OS(=O)(=O)C(F)(F)F)=CCC3)CC1. The Hall–Kier alpha value is -2.01. The standard InChI is InChI=1S/C15H18F3N3O4S/c1-20-5-7-21(8-6-20)14(22)11-9-10-3-2-4-12(13(10)19-11)25-26(23,24)15(16,17)18/h4,9,19H,2-3,5-8H2,1H3. The van der Waals surface area contributed by atoms with E-state index in [9.17, 15) is 26.4 Å². The van der Waals surface area contributed by atoms with Gasteiger partial charge in [0.2, 0.25) is 0 Å². The average molecular weight is 393 g/mol. The molecule has 0 radical (unpaired) electrons. The third-order valence-corrected chi connectivity index (χ3v) is 5.36. The third kappa shape index (κ3) is 3.58. The molecule has 1 amide bonds. The van der Waals surface area contributed by atoms with Crippen LogP contribution in [0.25, 0.3) is 5.76 Å². The molecule has 0 aromatic carbocycles. The molecule has 0 spiro atoms. The molecule has 0 unspecified atom stereocenters. The monoisotopic (exact) mass is 393 g/mol. The fraction of sp³-hybridized carbons (Fsp3) is 0.533. The summed E-state index contributed by atoms with van der Waals surface area (Å²) < 4.78 is 64.5. The number of fused-ring (bicyclic) bond motifs is 1. The van der Waals surface area contributed by atoms with E-state index in [4.69, 9.17) is 0 Å². The van der Waals surface area contributed by atoms with E-state index in [0.717, 1.165) is 13.1 Å². The first-order valence-corrected chi connectivity index (χ1v) is 9.40. The highest BCUT2D eigenvalue weighted by Gasteiger charge is 2.49. The number of carbonyl (C=O) groups excluding carboxylic acids is 1. The van der Waals surface area contributed by atoms with Gasteiger partial charge in [-0.05, 0) is 37.6 Å². The van der Waals surface area contributed by atoms with Gasteiger partial charge in [0, 0.05) is 26.2 Å². The molecule has 1 N–H and O–H groups in total. The number of aromatic amines is 1. The zero-order valence-corrected chi connectivity index (χ0v) is 14.8. The largest absolute Gasteiger partial charge is 0.534 e. The molecule has 0 atom stereocenters. The third-order valence-electron chi connectivity index (χ3n) is 4.39. The Kier molecular flexibility index (Phi) is 4.78. The van der Waals surface area contributed by atoms with E-state index < -0.39 is 21.4 Å². The molecule has 1 saturated heterocycles. The summed E-state index contributed by atoms with van der Waals surface area (Å²) in [4.78, 5) is 19.1. The number of halogens is 3. The maximum Gasteiger partial charge on any atom is 0.534 e. The van der Waals surface area contributed by atoms with Crippen LogP contribution in [0.15, 0.2) is 12.1 Å². The first-order valence-electron chi connectivity index (χ1n) is 7.99. The summed E-state index contributed by atoms with van der Waals surface area (Å²) in [6.45, 7) is 2.54. The van der Waals surface area contributed by atoms with Crippen molar-refractivity contribution < 1.29 is 30.6 Å². The highest BCUT2D eigenvalue weighted by atomic mass is 32.2. The van der Waals surface area contributed by atoms with Crippen LogP contribution in [0.3, 0.4) is 0 Å². The van der Waals surface area contributed by atoms with Crippen molar-refractivity contribution in [2.45, 2.75) is 18.3 Å². The maximum atomic E-state index is 12.6. The molecule has 11 heteroatoms. The van der Waals surface area contributed by atoms with E-state index in [2.05, 4.69) is 14.1 Å². The van der Waals surface area contributed by atoms with Crippen LogP contribution in [-0.4, -0.2) is 67.8 Å². The van der Waals surface area contributed by atoms with Crippen molar-refractivity contribution in [2.75, 3.05) is 33.2 Å². The number of likely N-dealkylation sites (N-methyl/N-ethyl adjacent to an activating group) is 1. The summed E-state index contributed by atoms with van der Waals surface area (Å²) >= 11 is 0. The smallest absolute Gasteiger partial charge is 0.374 e. The number of aromatic nitrogens is 1. The summed E-state index contributed by atoms with van der Waals surface area (Å²) in [7, 11) is -3.82. The number of nitrogens with one attached hydrogen (secondary N) is 1. The number of hydrogen-bond acceptors (Lipinski definition) is 5. The van der Waals surface area contributed by atoms with Gasteiger partial charge in [-0.15, -0.1) is 0 Å². The van der Waals surface area contributed by atoms with Gasteiger partial charge in [0.15, 0.2) is 5.76 Å². The number of carbonyl (C=O) groups is 1. The van der Waals surface area contributed by atoms with Crippen LogP contribution in [-0.2, 0) is 20.7 Å². The van der Waals surface area contributed by atoms with Crippen LogP contribution < -0.4 is 0 Å². The molecule has 2 heterocycles. The lowest BCUT2D eigenvalue weighted by molar-refractivity contribution is -0.0509. The van der Waals surface area contributed by atoms with Crippen molar-refractivity contribution in [2.24, 2.45) is 0 Å². The van der Waals surface area contributed by atoms with Gasteiger partial charge < -0.3 is 19.0 Å². The number of amides is 1. The van der Waals surface area contributed by atoms with Crippen molar-refractivity contribution in [3.8, 4) is 0 Å². The van der Waals surface area contributed by atoms with Crippen LogP contribution in [0.2, 0.25) is 0 Å². The minimum atomic E-state index is -5.77. The summed E-state index contributed by atoms with van der Waals surface area (Å²) in [5.41, 5.74) is -4.66. The Balaban J connectivity index is 1.82. The van der Waals surface area contributed by atoms with Crippen LogP contribution in [0, 0.1) is 0 Å². The van der Waals surface area contributed by atoms with Crippen molar-refractivity contribution in [3.63, 3.8) is 0 Å². The summed E-state index contributed by atoms with van der Waals surface area (Å²) in [5.74, 6) is -0.702. The predicted molar refractivity (Wildman–Crippen MR) is 86.6 cm³/mol. The molecule has 2 aliphatic rings. The minimum absolute atomic E-state index is 0.0987. The molecular formula is C15H18F3N3O4S. The molecule has 1 aliphatic carbocycles. The second-order valence-electron chi connectivity index (χ2n) is 6.27. The minimum Gasteiger partial charge on any atom is -0.374 e. The lowest BCUT2D eigenvalue weighted by atomic mass is 10.0. The number of hydrogen-bond donors (Lipinski definition) is 1. The molecule has 144 valence electrons. The predicted octanol–water partition coefficient (Wildman–Crippen LogP) is 1.56. The first-order chi connectivity index (χ1) is 12.1. The number of piperazine rings is 1. The highest BCUT2D eigenvalue weighted by Crippen LogP contribution is 2.33. The molecule has 1 aliphatic heterocycles. The van der Waals surface area contributed by atoms with Crippen LogP contribution >= 0.6 is 0 Å². The number of alkyl halides is 3. The lowest BCUT2D eigenvalue weighted by Crippen LogP contribution is -2.47. The van der Waals surface area contributed by atoms with Gasteiger partial charge in [0.1, 0.15) is 5.69 Å². The molecule has 3 rings (SSSR count). The zero-order chi connectivity index (χ0) is 19.1. The number of nitrogens with zero attached hydrogens (tertiary/aromatic N) is 2. The summed E-state index contributed by atoms with van der Waals surface area (Å²) in [6, 6.07) is 1.55. The van der Waals surface area contributed by atoms with Crippen LogP contribution in [0.1, 0.15) is 28.2 Å². The van der Waals surface area contributed by atoms with Gasteiger partial charge in [-0.3, -0.25) is 4.79 Å². The molecular weight excluding hydrogens is 375 g/mol. The van der Waals surface area contributed by atoms with E-state index in [1.807, 2.05) is 7.05 Å².